The number of aromatic nitrogens is 2. The third kappa shape index (κ3) is 3.77. The van der Waals surface area contributed by atoms with Gasteiger partial charge in [-0.2, -0.15) is 4.89 Å². The lowest BCUT2D eigenvalue weighted by Crippen LogP contribution is -2.33. The van der Waals surface area contributed by atoms with E-state index in [1.807, 2.05) is 6.92 Å². The number of amides is 1. The maximum Gasteiger partial charge on any atom is 0.274 e. The zero-order valence-corrected chi connectivity index (χ0v) is 15.2. The fourth-order valence-corrected chi connectivity index (χ4v) is 2.69. The molecule has 1 aliphatic rings. The maximum atomic E-state index is 14.7. The van der Waals surface area contributed by atoms with Gasteiger partial charge in [-0.25, -0.2) is 9.38 Å². The van der Waals surface area contributed by atoms with Gasteiger partial charge in [0.05, 0.1) is 18.8 Å². The Morgan fingerprint density at radius 3 is 3.00 bits per heavy atom. The Bertz CT molecular complexity index is 1030. The van der Waals surface area contributed by atoms with Gasteiger partial charge in [-0.05, 0) is 25.5 Å². The van der Waals surface area contributed by atoms with E-state index in [-0.39, 0.29) is 41.3 Å². The molecule has 1 amide bonds. The molecule has 144 valence electrons. The van der Waals surface area contributed by atoms with Gasteiger partial charge in [0.25, 0.3) is 5.56 Å². The van der Waals surface area contributed by atoms with Crippen LogP contribution >= 0.6 is 0 Å². The summed E-state index contributed by atoms with van der Waals surface area (Å²) in [5, 5.41) is 0.211. The number of nitrogens with zero attached hydrogens (tertiary/aromatic N) is 3. The summed E-state index contributed by atoms with van der Waals surface area (Å²) in [4.78, 5) is 41.9. The Morgan fingerprint density at radius 2 is 2.26 bits per heavy atom. The quantitative estimate of drug-likeness (QED) is 0.372. The minimum Gasteiger partial charge on any atom is -0.346 e. The molecule has 0 radical (unpaired) electrons. The molecule has 1 aromatic carbocycles. The molecular weight excluding hydrogens is 355 g/mol. The van der Waals surface area contributed by atoms with E-state index in [0.29, 0.717) is 30.7 Å². The van der Waals surface area contributed by atoms with Crippen LogP contribution in [0.15, 0.2) is 21.9 Å². The first-order chi connectivity index (χ1) is 12.9. The van der Waals surface area contributed by atoms with E-state index in [1.165, 1.54) is 10.6 Å². The highest BCUT2D eigenvalue weighted by molar-refractivity contribution is 5.75. The van der Waals surface area contributed by atoms with Crippen LogP contribution in [-0.4, -0.2) is 40.6 Å². The van der Waals surface area contributed by atoms with Gasteiger partial charge in [0.1, 0.15) is 5.35 Å². The van der Waals surface area contributed by atoms with E-state index >= 15 is 0 Å². The van der Waals surface area contributed by atoms with Crippen LogP contribution in [0.25, 0.3) is 6.58 Å². The molecule has 0 aliphatic carbocycles. The summed E-state index contributed by atoms with van der Waals surface area (Å²) in [5.74, 6) is -0.665. The number of rotatable bonds is 7. The molecule has 9 heteroatoms. The average Bonchev–Trinajstić information content (AvgIpc) is 2.94. The predicted molar refractivity (Wildman–Crippen MR) is 95.6 cm³/mol. The van der Waals surface area contributed by atoms with Gasteiger partial charge >= 0.3 is 0 Å². The minimum atomic E-state index is -0.607. The van der Waals surface area contributed by atoms with Crippen molar-refractivity contribution in [2.24, 2.45) is 4.99 Å². The van der Waals surface area contributed by atoms with Gasteiger partial charge in [0, 0.05) is 25.6 Å². The van der Waals surface area contributed by atoms with E-state index < -0.39 is 5.82 Å². The molecule has 1 N–H and O–H groups in total. The summed E-state index contributed by atoms with van der Waals surface area (Å²) in [6, 6.07) is 3.00. The first kappa shape index (κ1) is 18.8. The molecule has 0 spiro atoms. The zero-order valence-electron chi connectivity index (χ0n) is 15.2. The summed E-state index contributed by atoms with van der Waals surface area (Å²) < 4.78 is 16.2. The third-order valence-corrected chi connectivity index (χ3v) is 4.46. The number of carbonyl (C=O) groups excluding carboxylic acids is 1. The van der Waals surface area contributed by atoms with Crippen molar-refractivity contribution in [1.29, 1.82) is 0 Å². The van der Waals surface area contributed by atoms with Crippen molar-refractivity contribution >= 4 is 18.2 Å². The first-order valence-electron chi connectivity index (χ1n) is 8.63. The minimum absolute atomic E-state index is 0.0173. The van der Waals surface area contributed by atoms with Gasteiger partial charge in [-0.15, -0.1) is 0 Å². The molecule has 2 aromatic rings. The summed E-state index contributed by atoms with van der Waals surface area (Å²) in [6.45, 7) is 6.48. The fourth-order valence-electron chi connectivity index (χ4n) is 2.69. The summed E-state index contributed by atoms with van der Waals surface area (Å²) >= 11 is 0. The van der Waals surface area contributed by atoms with Crippen LogP contribution < -0.4 is 21.4 Å². The van der Waals surface area contributed by atoms with Crippen LogP contribution in [0.2, 0.25) is 0 Å². The number of nitrogens with one attached hydrogen (secondary N) is 1. The van der Waals surface area contributed by atoms with Crippen LogP contribution in [-0.2, 0) is 16.2 Å². The number of hydrogen-bond acceptors (Lipinski definition) is 5. The van der Waals surface area contributed by atoms with Crippen LogP contribution in [0, 0.1) is 5.82 Å². The van der Waals surface area contributed by atoms with E-state index in [4.69, 9.17) is 9.78 Å². The second-order valence-electron chi connectivity index (χ2n) is 6.21. The number of H-pyrrole nitrogens is 1. The van der Waals surface area contributed by atoms with Crippen LogP contribution in [0.4, 0.5) is 10.1 Å². The molecule has 0 unspecified atom stereocenters. The number of imidazole rings is 1. The van der Waals surface area contributed by atoms with Crippen molar-refractivity contribution in [2.45, 2.75) is 26.3 Å². The normalized spacial score (nSPS) is 12.1. The molecule has 27 heavy (non-hydrogen) atoms. The molecule has 0 saturated heterocycles. The Labute approximate surface area is 154 Å². The topological polar surface area (TPSA) is 88.9 Å². The molecule has 0 saturated carbocycles. The monoisotopic (exact) mass is 376 g/mol. The summed E-state index contributed by atoms with van der Waals surface area (Å²) in [5.41, 5.74) is 0.681. The molecule has 3 rings (SSSR count). The Hall–Kier alpha value is -2.94. The van der Waals surface area contributed by atoms with Gasteiger partial charge < -0.3 is 14.4 Å². The van der Waals surface area contributed by atoms with Crippen LogP contribution in [0.3, 0.4) is 0 Å². The highest BCUT2D eigenvalue weighted by Gasteiger charge is 2.20. The number of aromatic amines is 1. The van der Waals surface area contributed by atoms with Gasteiger partial charge in [0.2, 0.25) is 17.3 Å². The molecule has 1 aliphatic heterocycles. The molecule has 2 heterocycles. The molecular formula is C18H21FN4O4. The lowest BCUT2D eigenvalue weighted by Gasteiger charge is -2.15. The van der Waals surface area contributed by atoms with Crippen molar-refractivity contribution < 1.29 is 19.0 Å². The Morgan fingerprint density at radius 1 is 1.48 bits per heavy atom. The zero-order chi connectivity index (χ0) is 19.6. The fraction of sp³-hybridized carbons (Fsp3) is 0.389. The largest absolute Gasteiger partial charge is 0.346 e. The third-order valence-electron chi connectivity index (χ3n) is 4.46. The second-order valence-corrected chi connectivity index (χ2v) is 6.21. The molecule has 0 bridgehead atoms. The van der Waals surface area contributed by atoms with E-state index in [1.54, 1.807) is 18.0 Å². The van der Waals surface area contributed by atoms with Crippen molar-refractivity contribution in [3.8, 4) is 5.75 Å². The Balaban J connectivity index is 1.63. The lowest BCUT2D eigenvalue weighted by molar-refractivity contribution is -0.209. The van der Waals surface area contributed by atoms with Crippen molar-refractivity contribution in [3.63, 3.8) is 0 Å². The van der Waals surface area contributed by atoms with Crippen LogP contribution in [0.1, 0.15) is 25.3 Å². The van der Waals surface area contributed by atoms with Gasteiger partial charge in [-0.3, -0.25) is 14.6 Å². The Kier molecular flexibility index (Phi) is 5.41. The predicted octanol–water partition coefficient (Wildman–Crippen LogP) is 0.608. The molecule has 0 atom stereocenters. The molecule has 8 nitrogen and oxygen atoms in total. The van der Waals surface area contributed by atoms with Crippen LogP contribution in [0.5, 0.6) is 5.75 Å². The number of hydrogen-bond donors (Lipinski definition) is 1. The highest BCUT2D eigenvalue weighted by atomic mass is 19.1. The van der Waals surface area contributed by atoms with Crippen molar-refractivity contribution in [3.05, 3.63) is 44.8 Å². The number of halogens is 1. The molecule has 0 fully saturated rings. The summed E-state index contributed by atoms with van der Waals surface area (Å²) in [7, 11) is 1.73. The van der Waals surface area contributed by atoms with Gasteiger partial charge in [0.15, 0.2) is 5.82 Å². The van der Waals surface area contributed by atoms with Crippen molar-refractivity contribution in [1.82, 2.24) is 14.5 Å². The summed E-state index contributed by atoms with van der Waals surface area (Å²) in [6.07, 6.45) is 0.792. The smallest absolute Gasteiger partial charge is 0.274 e. The lowest BCUT2D eigenvalue weighted by atomic mass is 10.1. The maximum absolute atomic E-state index is 14.7. The highest BCUT2D eigenvalue weighted by Crippen LogP contribution is 2.30. The number of fused-ring (bicyclic) bond motifs is 2. The number of carbonyl (C=O) groups is 1. The average molecular weight is 376 g/mol. The van der Waals surface area contributed by atoms with E-state index in [9.17, 15) is 14.0 Å². The standard InChI is InChI=1S/C18H21FN4O4/c1-4-22(3)15(24)6-5-9-26-27-14-8-7-13-12(16(14)19)10-23-11(2)17(25)21-18(23)20-13/h7-8H,2,4-6,9-10H2,1,3H3,(H,20,21,25). The van der Waals surface area contributed by atoms with E-state index in [2.05, 4.69) is 16.6 Å². The first-order valence-corrected chi connectivity index (χ1v) is 8.63. The SMILES string of the molecule is C=c1c(=O)[nH]c2n1Cc1c(ccc(OOCCCC(=O)N(C)CC)c1F)N=2. The second kappa shape index (κ2) is 7.75. The van der Waals surface area contributed by atoms with Gasteiger partial charge in [-0.1, -0.05) is 6.58 Å². The van der Waals surface area contributed by atoms with E-state index in [0.717, 1.165) is 0 Å². The number of benzene rings is 1. The molecule has 1 aromatic heterocycles. The van der Waals surface area contributed by atoms with Crippen molar-refractivity contribution in [2.75, 3.05) is 20.2 Å².